The Hall–Kier alpha value is -4.24. The molecular weight excluding hydrogens is 340 g/mol. The van der Waals surface area contributed by atoms with E-state index in [1.807, 2.05) is 72.8 Å². The summed E-state index contributed by atoms with van der Waals surface area (Å²) in [6.07, 6.45) is 0.479. The molecule has 130 valence electrons. The van der Waals surface area contributed by atoms with Crippen LogP contribution >= 0.6 is 0 Å². The lowest BCUT2D eigenvalue weighted by Gasteiger charge is -2.07. The van der Waals surface area contributed by atoms with E-state index in [1.54, 1.807) is 0 Å². The van der Waals surface area contributed by atoms with E-state index in [0.29, 0.717) is 0 Å². The van der Waals surface area contributed by atoms with Crippen LogP contribution in [-0.4, -0.2) is 0 Å². The van der Waals surface area contributed by atoms with Crippen molar-refractivity contribution in [3.8, 4) is 35.8 Å². The van der Waals surface area contributed by atoms with Gasteiger partial charge in [-0.1, -0.05) is 66.1 Å². The molecule has 0 aliphatic carbocycles. The molecule has 0 bridgehead atoms. The van der Waals surface area contributed by atoms with Crippen molar-refractivity contribution in [1.29, 1.82) is 10.5 Å². The number of hydrogen-bond donors (Lipinski definition) is 0. The van der Waals surface area contributed by atoms with Gasteiger partial charge in [-0.25, -0.2) is 0 Å². The largest absolute Gasteiger partial charge is 0.198 e. The second-order valence-corrected chi connectivity index (χ2v) is 6.07. The lowest BCUT2D eigenvalue weighted by Crippen LogP contribution is -1.97. The van der Waals surface area contributed by atoms with E-state index < -0.39 is 0 Å². The van der Waals surface area contributed by atoms with Crippen molar-refractivity contribution in [2.24, 2.45) is 0 Å². The molecule has 2 heteroatoms. The van der Waals surface area contributed by atoms with Crippen molar-refractivity contribution in [3.63, 3.8) is 0 Å². The van der Waals surface area contributed by atoms with Crippen LogP contribution in [0.4, 0.5) is 0 Å². The van der Waals surface area contributed by atoms with Gasteiger partial charge in [0.15, 0.2) is 0 Å². The SMILES string of the molecule is N#CCc1cc(CC#N)c(C#Cc2ccccc2)cc1C#Cc1ccccc1. The molecule has 0 aromatic heterocycles. The summed E-state index contributed by atoms with van der Waals surface area (Å²) in [5, 5.41) is 18.4. The molecule has 0 N–H and O–H groups in total. The predicted molar refractivity (Wildman–Crippen MR) is 110 cm³/mol. The van der Waals surface area contributed by atoms with Crippen LogP contribution in [0, 0.1) is 46.3 Å². The number of benzene rings is 3. The van der Waals surface area contributed by atoms with Crippen molar-refractivity contribution >= 4 is 0 Å². The van der Waals surface area contributed by atoms with E-state index in [0.717, 1.165) is 33.4 Å². The third-order valence-corrected chi connectivity index (χ3v) is 4.10. The smallest absolute Gasteiger partial charge is 0.0670 e. The Morgan fingerprint density at radius 2 is 0.964 bits per heavy atom. The van der Waals surface area contributed by atoms with Gasteiger partial charge >= 0.3 is 0 Å². The fraction of sp³-hybridized carbons (Fsp3) is 0.0769. The highest BCUT2D eigenvalue weighted by Gasteiger charge is 2.08. The molecule has 0 heterocycles. The van der Waals surface area contributed by atoms with E-state index in [4.69, 9.17) is 0 Å². The minimum absolute atomic E-state index is 0.240. The molecule has 0 spiro atoms. The third-order valence-electron chi connectivity index (χ3n) is 4.10. The van der Waals surface area contributed by atoms with Crippen LogP contribution in [0.25, 0.3) is 0 Å². The summed E-state index contributed by atoms with van der Waals surface area (Å²) in [7, 11) is 0. The maximum atomic E-state index is 9.18. The number of nitrogens with zero attached hydrogens (tertiary/aromatic N) is 2. The zero-order valence-electron chi connectivity index (χ0n) is 15.2. The van der Waals surface area contributed by atoms with Crippen molar-refractivity contribution in [1.82, 2.24) is 0 Å². The van der Waals surface area contributed by atoms with Gasteiger partial charge in [0.25, 0.3) is 0 Å². The Kier molecular flexibility index (Phi) is 6.26. The van der Waals surface area contributed by atoms with Gasteiger partial charge in [-0.3, -0.25) is 0 Å². The Balaban J connectivity index is 2.08. The molecule has 3 rings (SSSR count). The monoisotopic (exact) mass is 356 g/mol. The molecule has 0 amide bonds. The predicted octanol–water partition coefficient (Wildman–Crippen LogP) is 4.62. The maximum Gasteiger partial charge on any atom is 0.0670 e. The molecule has 3 aromatic rings. The highest BCUT2D eigenvalue weighted by Crippen LogP contribution is 2.18. The van der Waals surface area contributed by atoms with E-state index >= 15 is 0 Å². The first-order valence-electron chi connectivity index (χ1n) is 8.84. The molecule has 28 heavy (non-hydrogen) atoms. The van der Waals surface area contributed by atoms with Gasteiger partial charge in [0.2, 0.25) is 0 Å². The zero-order valence-corrected chi connectivity index (χ0v) is 15.2. The molecule has 0 fully saturated rings. The molecular formula is C26H16N2. The lowest BCUT2D eigenvalue weighted by molar-refractivity contribution is 1.18. The van der Waals surface area contributed by atoms with Crippen LogP contribution in [0.15, 0.2) is 72.8 Å². The molecule has 0 atom stereocenters. The Bertz CT molecular complexity index is 1080. The van der Waals surface area contributed by atoms with Gasteiger partial charge in [-0.2, -0.15) is 10.5 Å². The summed E-state index contributed by atoms with van der Waals surface area (Å²) in [6.45, 7) is 0. The first-order valence-corrected chi connectivity index (χ1v) is 8.84. The Labute approximate surface area is 165 Å². The molecule has 0 radical (unpaired) electrons. The normalized spacial score (nSPS) is 9.07. The highest BCUT2D eigenvalue weighted by molar-refractivity contribution is 5.56. The fourth-order valence-electron chi connectivity index (χ4n) is 2.71. The summed E-state index contributed by atoms with van der Waals surface area (Å²) in [5.41, 5.74) is 4.99. The average Bonchev–Trinajstić information content (AvgIpc) is 2.74. The van der Waals surface area contributed by atoms with Gasteiger partial charge in [0, 0.05) is 22.3 Å². The number of nitriles is 2. The van der Waals surface area contributed by atoms with E-state index in [2.05, 4.69) is 35.8 Å². The number of rotatable bonds is 2. The molecule has 3 aromatic carbocycles. The second kappa shape index (κ2) is 9.46. The Morgan fingerprint density at radius 1 is 0.536 bits per heavy atom. The van der Waals surface area contributed by atoms with Crippen LogP contribution < -0.4 is 0 Å². The fourth-order valence-corrected chi connectivity index (χ4v) is 2.71. The first kappa shape index (κ1) is 18.5. The van der Waals surface area contributed by atoms with Crippen LogP contribution in [0.5, 0.6) is 0 Å². The summed E-state index contributed by atoms with van der Waals surface area (Å²) < 4.78 is 0. The van der Waals surface area contributed by atoms with Gasteiger partial charge in [0.1, 0.15) is 0 Å². The van der Waals surface area contributed by atoms with Gasteiger partial charge in [0.05, 0.1) is 25.0 Å². The van der Waals surface area contributed by atoms with Crippen LogP contribution in [0.1, 0.15) is 33.4 Å². The first-order chi connectivity index (χ1) is 13.8. The molecule has 0 unspecified atom stereocenters. The van der Waals surface area contributed by atoms with E-state index in [9.17, 15) is 10.5 Å². The second-order valence-electron chi connectivity index (χ2n) is 6.07. The topological polar surface area (TPSA) is 47.6 Å². The summed E-state index contributed by atoms with van der Waals surface area (Å²) >= 11 is 0. The quantitative estimate of drug-likeness (QED) is 0.629. The highest BCUT2D eigenvalue weighted by atomic mass is 14.2. The van der Waals surface area contributed by atoms with Crippen molar-refractivity contribution in [3.05, 3.63) is 106 Å². The van der Waals surface area contributed by atoms with Crippen LogP contribution in [-0.2, 0) is 12.8 Å². The minimum atomic E-state index is 0.240. The number of hydrogen-bond acceptors (Lipinski definition) is 2. The van der Waals surface area contributed by atoms with E-state index in [-0.39, 0.29) is 12.8 Å². The maximum absolute atomic E-state index is 9.18. The summed E-state index contributed by atoms with van der Waals surface area (Å²) in [5.74, 6) is 12.6. The summed E-state index contributed by atoms with van der Waals surface area (Å²) in [4.78, 5) is 0. The standard InChI is InChI=1S/C26H16N2/c27-17-15-25-20-26(16-18-28)24(14-12-22-9-5-2-6-10-22)19-23(25)13-11-21-7-3-1-4-8-21/h1-10,19-20H,15-16H2. The molecule has 0 aliphatic rings. The lowest BCUT2D eigenvalue weighted by atomic mass is 9.95. The zero-order chi connectivity index (χ0) is 19.6. The molecule has 2 nitrogen and oxygen atoms in total. The molecule has 0 aliphatic heterocycles. The van der Waals surface area contributed by atoms with Gasteiger partial charge in [-0.15, -0.1) is 0 Å². The molecule has 0 saturated heterocycles. The molecule has 0 saturated carbocycles. The van der Waals surface area contributed by atoms with Gasteiger partial charge < -0.3 is 0 Å². The van der Waals surface area contributed by atoms with Crippen molar-refractivity contribution < 1.29 is 0 Å². The summed E-state index contributed by atoms with van der Waals surface area (Å²) in [6, 6.07) is 27.6. The van der Waals surface area contributed by atoms with Crippen molar-refractivity contribution in [2.75, 3.05) is 0 Å². The average molecular weight is 356 g/mol. The van der Waals surface area contributed by atoms with E-state index in [1.165, 1.54) is 0 Å². The van der Waals surface area contributed by atoms with Gasteiger partial charge in [-0.05, 0) is 41.5 Å². The van der Waals surface area contributed by atoms with Crippen molar-refractivity contribution in [2.45, 2.75) is 12.8 Å². The van der Waals surface area contributed by atoms with Crippen LogP contribution in [0.3, 0.4) is 0 Å². The third kappa shape index (κ3) is 4.90. The Morgan fingerprint density at radius 3 is 1.36 bits per heavy atom. The van der Waals surface area contributed by atoms with Crippen LogP contribution in [0.2, 0.25) is 0 Å². The minimum Gasteiger partial charge on any atom is -0.198 e.